The summed E-state index contributed by atoms with van der Waals surface area (Å²) >= 11 is 0. The number of tetrazole rings is 1. The monoisotopic (exact) mass is 531 g/mol. The topological polar surface area (TPSA) is 153 Å². The number of H-pyrrole nitrogens is 1. The van der Waals surface area contributed by atoms with E-state index in [0.29, 0.717) is 28.3 Å². The molecule has 1 aromatic carbocycles. The van der Waals surface area contributed by atoms with Crippen LogP contribution in [0, 0.1) is 13.8 Å². The molecule has 14 nitrogen and oxygen atoms in total. The maximum Gasteiger partial charge on any atom is 0.295 e. The first-order valence-corrected chi connectivity index (χ1v) is 12.0. The Morgan fingerprint density at radius 1 is 1.08 bits per heavy atom. The number of amides is 1. The number of nitrogens with one attached hydrogen (secondary N) is 1. The quantitative estimate of drug-likeness (QED) is 0.250. The molecule has 0 saturated carbocycles. The highest BCUT2D eigenvalue weighted by Crippen LogP contribution is 2.32. The molecule has 5 aromatic rings. The van der Waals surface area contributed by atoms with E-state index in [1.54, 1.807) is 11.8 Å². The molecule has 0 unspecified atom stereocenters. The molecule has 1 N–H and O–H groups in total. The maximum absolute atomic E-state index is 13.5. The number of ether oxygens (including phenoxy) is 1. The number of benzene rings is 1. The fourth-order valence-corrected chi connectivity index (χ4v) is 4.43. The summed E-state index contributed by atoms with van der Waals surface area (Å²) in [5, 5.41) is 16.4. The number of piperazine rings is 1. The average Bonchev–Trinajstić information content (AvgIpc) is 3.78. The minimum atomic E-state index is -0.724. The van der Waals surface area contributed by atoms with Crippen LogP contribution in [-0.2, 0) is 4.79 Å². The van der Waals surface area contributed by atoms with Gasteiger partial charge in [-0.05, 0) is 36.4 Å². The zero-order chi connectivity index (χ0) is 30.6. The van der Waals surface area contributed by atoms with E-state index in [9.17, 15) is 9.59 Å². The minimum absolute atomic E-state index is 0.0718. The van der Waals surface area contributed by atoms with Crippen LogP contribution >= 0.6 is 0 Å². The molecule has 1 saturated heterocycles. The number of anilines is 1. The van der Waals surface area contributed by atoms with Crippen LogP contribution < -0.4 is 9.64 Å². The molecule has 1 aliphatic rings. The fourth-order valence-electron chi connectivity index (χ4n) is 4.43. The third-order valence-corrected chi connectivity index (χ3v) is 6.39. The molecule has 1 fully saturated rings. The molecule has 39 heavy (non-hydrogen) atoms. The standard InChI is InChI=1S/C25H25N11O3/c1-15-4-6-17(7-5-15)36-25(29-31-32-36)34-10-8-33(9-11-34)24(38)22(37)18-12-26-21-20(18)19(39-3)13-27-23(21)35-14-28-16(2)30-35/h4-7,12-14,26H,8-11H2,1-3H3/i4D,5D,6D,7D. The molecule has 198 valence electrons. The Labute approximate surface area is 227 Å². The van der Waals surface area contributed by atoms with Gasteiger partial charge >= 0.3 is 0 Å². The predicted molar refractivity (Wildman–Crippen MR) is 139 cm³/mol. The predicted octanol–water partition coefficient (Wildman–Crippen LogP) is 1.28. The molecule has 1 amide bonds. The van der Waals surface area contributed by atoms with Crippen LogP contribution in [0.5, 0.6) is 5.75 Å². The van der Waals surface area contributed by atoms with Gasteiger partial charge in [0.05, 0.1) is 40.9 Å². The van der Waals surface area contributed by atoms with Crippen molar-refractivity contribution in [3.05, 3.63) is 59.8 Å². The van der Waals surface area contributed by atoms with Crippen molar-refractivity contribution in [1.82, 2.24) is 49.8 Å². The lowest BCUT2D eigenvalue weighted by Gasteiger charge is -2.34. The van der Waals surface area contributed by atoms with E-state index in [1.807, 2.05) is 0 Å². The number of pyridine rings is 1. The highest BCUT2D eigenvalue weighted by molar-refractivity contribution is 6.45. The second-order valence-corrected chi connectivity index (χ2v) is 8.81. The fraction of sp³-hybridized carbons (Fsp3) is 0.280. The summed E-state index contributed by atoms with van der Waals surface area (Å²) < 4.78 is 41.2. The molecule has 0 spiro atoms. The normalized spacial score (nSPS) is 15.2. The Kier molecular flexibility index (Phi) is 4.91. The molecule has 14 heteroatoms. The van der Waals surface area contributed by atoms with Crippen LogP contribution in [0.1, 0.15) is 27.2 Å². The summed E-state index contributed by atoms with van der Waals surface area (Å²) in [7, 11) is 1.45. The van der Waals surface area contributed by atoms with Crippen molar-refractivity contribution in [2.75, 3.05) is 38.2 Å². The number of ketones is 1. The zero-order valence-electron chi connectivity index (χ0n) is 25.3. The molecule has 0 atom stereocenters. The van der Waals surface area contributed by atoms with Crippen molar-refractivity contribution in [2.24, 2.45) is 0 Å². The van der Waals surface area contributed by atoms with Crippen LogP contribution in [0.25, 0.3) is 22.4 Å². The summed E-state index contributed by atoms with van der Waals surface area (Å²) in [5.41, 5.74) is 0.741. The second kappa shape index (κ2) is 9.63. The van der Waals surface area contributed by atoms with Gasteiger partial charge in [-0.25, -0.2) is 14.6 Å². The van der Waals surface area contributed by atoms with E-state index in [2.05, 4.69) is 35.6 Å². The van der Waals surface area contributed by atoms with E-state index < -0.39 is 11.7 Å². The van der Waals surface area contributed by atoms with Crippen molar-refractivity contribution in [1.29, 1.82) is 0 Å². The molecule has 6 rings (SSSR count). The average molecular weight is 532 g/mol. The highest BCUT2D eigenvalue weighted by Gasteiger charge is 2.31. The van der Waals surface area contributed by atoms with Crippen LogP contribution in [0.4, 0.5) is 5.95 Å². The zero-order valence-corrected chi connectivity index (χ0v) is 21.3. The maximum atomic E-state index is 13.5. The number of fused-ring (bicyclic) bond motifs is 1. The summed E-state index contributed by atoms with van der Waals surface area (Å²) in [6.45, 7) is 4.11. The number of methoxy groups -OCH3 is 1. The Hall–Kier alpha value is -5.14. The largest absolute Gasteiger partial charge is 0.494 e. The van der Waals surface area contributed by atoms with E-state index in [0.717, 1.165) is 0 Å². The van der Waals surface area contributed by atoms with Crippen LogP contribution in [0.15, 0.2) is 42.9 Å². The Bertz CT molecular complexity index is 1880. The van der Waals surface area contributed by atoms with Gasteiger partial charge in [0.15, 0.2) is 5.82 Å². The van der Waals surface area contributed by atoms with Gasteiger partial charge in [0, 0.05) is 32.4 Å². The number of carbonyl (C=O) groups excluding carboxylic acids is 2. The van der Waals surface area contributed by atoms with Gasteiger partial charge in [0.1, 0.15) is 17.9 Å². The van der Waals surface area contributed by atoms with Gasteiger partial charge < -0.3 is 19.5 Å². The summed E-state index contributed by atoms with van der Waals surface area (Å²) in [6.07, 6.45) is 4.41. The molecule has 1 aliphatic heterocycles. The number of nitrogens with zero attached hydrogens (tertiary/aromatic N) is 10. The van der Waals surface area contributed by atoms with Gasteiger partial charge in [-0.3, -0.25) is 9.59 Å². The minimum Gasteiger partial charge on any atom is -0.494 e. The third-order valence-electron chi connectivity index (χ3n) is 6.39. The van der Waals surface area contributed by atoms with Crippen molar-refractivity contribution < 1.29 is 19.8 Å². The first-order valence-electron chi connectivity index (χ1n) is 14.0. The first kappa shape index (κ1) is 19.9. The third kappa shape index (κ3) is 4.24. The van der Waals surface area contributed by atoms with E-state index in [1.165, 1.54) is 47.0 Å². The molecule has 4 aromatic heterocycles. The Morgan fingerprint density at radius 2 is 1.85 bits per heavy atom. The number of rotatable bonds is 6. The van der Waals surface area contributed by atoms with Crippen LogP contribution in [-0.4, -0.2) is 94.8 Å². The lowest BCUT2D eigenvalue weighted by Crippen LogP contribution is -2.51. The van der Waals surface area contributed by atoms with Gasteiger partial charge in [-0.2, -0.15) is 9.78 Å². The first-order chi connectivity index (χ1) is 20.6. The van der Waals surface area contributed by atoms with Gasteiger partial charge in [0.2, 0.25) is 5.95 Å². The lowest BCUT2D eigenvalue weighted by atomic mass is 10.1. The van der Waals surface area contributed by atoms with E-state index in [-0.39, 0.29) is 73.1 Å². The smallest absolute Gasteiger partial charge is 0.295 e. The van der Waals surface area contributed by atoms with Crippen molar-refractivity contribution in [3.8, 4) is 17.3 Å². The molecular formula is C25H25N11O3. The SMILES string of the molecule is [2H]c1c([2H])c(-n2nnnc2N2CCN(C(=O)C(=O)c3c[nH]c4c(-n5cnc(C)n5)ncc(OC)c34)CC2)c([2H])c([2H])c1C. The van der Waals surface area contributed by atoms with Crippen molar-refractivity contribution >= 4 is 28.5 Å². The number of aryl methyl sites for hydroxylation is 1. The molecule has 5 heterocycles. The summed E-state index contributed by atoms with van der Waals surface area (Å²) in [6, 6.07) is -0.893. The lowest BCUT2D eigenvalue weighted by molar-refractivity contribution is -0.126. The molecule has 0 bridgehead atoms. The van der Waals surface area contributed by atoms with Gasteiger partial charge in [-0.1, -0.05) is 22.7 Å². The van der Waals surface area contributed by atoms with E-state index >= 15 is 0 Å². The Morgan fingerprint density at radius 3 is 2.54 bits per heavy atom. The highest BCUT2D eigenvalue weighted by atomic mass is 16.5. The second-order valence-electron chi connectivity index (χ2n) is 8.81. The number of aromatic nitrogens is 9. The number of hydrogen-bond donors (Lipinski definition) is 1. The number of aromatic amines is 1. The summed E-state index contributed by atoms with van der Waals surface area (Å²) in [4.78, 5) is 41.6. The molecule has 0 radical (unpaired) electrons. The van der Waals surface area contributed by atoms with Crippen LogP contribution in [0.3, 0.4) is 0 Å². The van der Waals surface area contributed by atoms with Crippen LogP contribution in [0.2, 0.25) is 0 Å². The number of carbonyl (C=O) groups is 2. The molecule has 0 aliphatic carbocycles. The van der Waals surface area contributed by atoms with Crippen molar-refractivity contribution in [2.45, 2.75) is 13.8 Å². The summed E-state index contributed by atoms with van der Waals surface area (Å²) in [5.74, 6) is 0.0269. The number of Topliss-reactive ketones (excluding diaryl/α,β-unsaturated/α-hetero) is 1. The van der Waals surface area contributed by atoms with Gasteiger partial charge in [0.25, 0.3) is 11.7 Å². The van der Waals surface area contributed by atoms with Gasteiger partial charge in [-0.15, -0.1) is 0 Å². The Balaban J connectivity index is 1.24. The van der Waals surface area contributed by atoms with E-state index in [4.69, 9.17) is 10.2 Å². The molecular weight excluding hydrogens is 502 g/mol. The van der Waals surface area contributed by atoms with Crippen molar-refractivity contribution in [3.63, 3.8) is 0 Å². The number of hydrogen-bond acceptors (Lipinski definition) is 10.